The van der Waals surface area contributed by atoms with Crippen molar-refractivity contribution in [2.24, 2.45) is 0 Å². The van der Waals surface area contributed by atoms with Crippen LogP contribution in [-0.4, -0.2) is 80.1 Å². The van der Waals surface area contributed by atoms with Crippen molar-refractivity contribution >= 4 is 21.7 Å². The Morgan fingerprint density at radius 2 is 1.92 bits per heavy atom. The second-order valence-corrected chi connectivity index (χ2v) is 7.99. The van der Waals surface area contributed by atoms with Gasteiger partial charge in [0.2, 0.25) is 0 Å². The third kappa shape index (κ3) is 4.96. The summed E-state index contributed by atoms with van der Waals surface area (Å²) in [7, 11) is -10.4. The highest BCUT2D eigenvalue weighted by Crippen LogP contribution is 2.57. The summed E-state index contributed by atoms with van der Waals surface area (Å²) in [6, 6.07) is -0.503. The molecule has 0 aliphatic carbocycles. The van der Waals surface area contributed by atoms with Crippen molar-refractivity contribution < 1.29 is 52.4 Å². The number of amides is 2. The molecular weight excluding hydrogens is 374 g/mol. The number of nitrogens with one attached hydrogen (secondary N) is 1. The summed E-state index contributed by atoms with van der Waals surface area (Å²) in [4.78, 5) is 39.0. The Morgan fingerprint density at radius 1 is 1.25 bits per heavy atom. The fourth-order valence-electron chi connectivity index (χ4n) is 2.34. The smallest absolute Gasteiger partial charge is 0.387 e. The molecule has 0 aromatic heterocycles. The number of hydrogen-bond acceptors (Lipinski definition) is 8. The molecule has 13 nitrogen and oxygen atoms in total. The molecule has 2 amide bonds. The minimum Gasteiger partial charge on any atom is -0.387 e. The molecule has 0 bridgehead atoms. The average Bonchev–Trinajstić information content (AvgIpc) is 2.71. The molecule has 15 heteroatoms. The van der Waals surface area contributed by atoms with Crippen molar-refractivity contribution in [2.75, 3.05) is 19.7 Å². The van der Waals surface area contributed by atoms with E-state index in [2.05, 4.69) is 14.2 Å². The lowest BCUT2D eigenvalue weighted by molar-refractivity contribution is -0.0812. The molecule has 1 unspecified atom stereocenters. The summed E-state index contributed by atoms with van der Waals surface area (Å²) in [5.74, 6) is 0. The Bertz CT molecular complexity index is 568. The van der Waals surface area contributed by atoms with E-state index in [9.17, 15) is 24.1 Å². The number of nitrogens with zero attached hydrogens (tertiary/aromatic N) is 1. The van der Waals surface area contributed by atoms with E-state index in [1.807, 2.05) is 0 Å². The highest BCUT2D eigenvalue weighted by atomic mass is 31.3. The van der Waals surface area contributed by atoms with Gasteiger partial charge in [0, 0.05) is 13.1 Å². The summed E-state index contributed by atoms with van der Waals surface area (Å²) in [6.07, 6.45) is -4.98. The lowest BCUT2D eigenvalue weighted by Crippen LogP contribution is -2.54. The molecule has 2 aliphatic heterocycles. The van der Waals surface area contributed by atoms with Gasteiger partial charge in [0.15, 0.2) is 6.23 Å². The van der Waals surface area contributed by atoms with Crippen LogP contribution < -0.4 is 5.32 Å². The van der Waals surface area contributed by atoms with Gasteiger partial charge < -0.3 is 34.9 Å². The number of urea groups is 1. The van der Waals surface area contributed by atoms with Crippen LogP contribution in [0.4, 0.5) is 4.79 Å². The highest BCUT2D eigenvalue weighted by Gasteiger charge is 2.48. The second kappa shape index (κ2) is 7.34. The molecule has 5 atom stereocenters. The normalized spacial score (nSPS) is 34.0. The Kier molecular flexibility index (Phi) is 6.03. The van der Waals surface area contributed by atoms with Gasteiger partial charge in [-0.05, 0) is 6.42 Å². The van der Waals surface area contributed by atoms with Crippen LogP contribution >= 0.6 is 15.6 Å². The molecule has 2 aliphatic rings. The highest BCUT2D eigenvalue weighted by molar-refractivity contribution is 7.60. The van der Waals surface area contributed by atoms with E-state index in [4.69, 9.17) is 19.4 Å². The van der Waals surface area contributed by atoms with Crippen LogP contribution in [0.3, 0.4) is 0 Å². The molecule has 24 heavy (non-hydrogen) atoms. The zero-order chi connectivity index (χ0) is 18.1. The van der Waals surface area contributed by atoms with Crippen LogP contribution in [0.15, 0.2) is 0 Å². The summed E-state index contributed by atoms with van der Waals surface area (Å²) < 4.78 is 35.1. The van der Waals surface area contributed by atoms with Gasteiger partial charge in [0.25, 0.3) is 0 Å². The number of aliphatic hydroxyl groups excluding tert-OH is 2. The van der Waals surface area contributed by atoms with Gasteiger partial charge in [-0.1, -0.05) is 0 Å². The minimum absolute atomic E-state index is 0.271. The summed E-state index contributed by atoms with van der Waals surface area (Å²) >= 11 is 0. The maximum absolute atomic E-state index is 11.7. The van der Waals surface area contributed by atoms with Gasteiger partial charge in [0.05, 0.1) is 6.61 Å². The Morgan fingerprint density at radius 3 is 2.50 bits per heavy atom. The van der Waals surface area contributed by atoms with E-state index in [1.54, 1.807) is 0 Å². The first-order valence-corrected chi connectivity index (χ1v) is 9.83. The van der Waals surface area contributed by atoms with Crippen LogP contribution in [0.2, 0.25) is 0 Å². The molecule has 2 fully saturated rings. The van der Waals surface area contributed by atoms with E-state index in [0.717, 1.165) is 4.90 Å². The van der Waals surface area contributed by atoms with E-state index >= 15 is 0 Å². The largest absolute Gasteiger partial charge is 0.481 e. The molecule has 0 saturated carbocycles. The van der Waals surface area contributed by atoms with Crippen molar-refractivity contribution in [1.82, 2.24) is 10.2 Å². The zero-order valence-corrected chi connectivity index (χ0v) is 14.0. The number of phosphoric acid groups is 2. The summed E-state index contributed by atoms with van der Waals surface area (Å²) in [6.45, 7) is -0.0771. The molecule has 0 aromatic rings. The molecule has 2 saturated heterocycles. The first kappa shape index (κ1) is 19.7. The standard InChI is InChI=1S/C9H18N2O11P2/c12-6-5(4-20-24(18,19)22-23(15,16)17)21-8(7(6)13)11-3-1-2-10-9(11)14/h5-8,12-13H,1-4H2,(H,10,14)(H,18,19)(H2,15,16,17)/t5-,6-,7-,8-/m1/s1. The maximum atomic E-state index is 11.7. The van der Waals surface area contributed by atoms with Crippen molar-refractivity contribution in [2.45, 2.75) is 31.0 Å². The first-order valence-electron chi connectivity index (χ1n) is 6.80. The Balaban J connectivity index is 1.96. The van der Waals surface area contributed by atoms with E-state index in [0.29, 0.717) is 13.0 Å². The fraction of sp³-hybridized carbons (Fsp3) is 0.889. The predicted octanol–water partition coefficient (Wildman–Crippen LogP) is -1.93. The van der Waals surface area contributed by atoms with E-state index in [-0.39, 0.29) is 6.54 Å². The molecule has 2 heterocycles. The van der Waals surface area contributed by atoms with Crippen molar-refractivity contribution in [1.29, 1.82) is 0 Å². The number of carbonyl (C=O) groups excluding carboxylic acids is 1. The SMILES string of the molecule is O=C1NCCCN1[C@@H]1O[C@H](COP(=O)(O)OP(=O)(O)O)[C@@H](O)[C@H]1O. The summed E-state index contributed by atoms with van der Waals surface area (Å²) in [5, 5.41) is 22.4. The van der Waals surface area contributed by atoms with Gasteiger partial charge in [-0.15, -0.1) is 0 Å². The van der Waals surface area contributed by atoms with Crippen molar-refractivity contribution in [3.8, 4) is 0 Å². The topological polar surface area (TPSA) is 195 Å². The van der Waals surface area contributed by atoms with E-state index < -0.39 is 52.8 Å². The zero-order valence-electron chi connectivity index (χ0n) is 12.2. The Hall–Kier alpha value is -0.590. The van der Waals surface area contributed by atoms with Crippen molar-refractivity contribution in [3.05, 3.63) is 0 Å². The first-order chi connectivity index (χ1) is 11.0. The van der Waals surface area contributed by atoms with E-state index in [1.165, 1.54) is 0 Å². The minimum atomic E-state index is -5.27. The number of hydrogen-bond donors (Lipinski definition) is 6. The van der Waals surface area contributed by atoms with Crippen LogP contribution in [0.25, 0.3) is 0 Å². The van der Waals surface area contributed by atoms with Gasteiger partial charge in [0.1, 0.15) is 18.3 Å². The van der Waals surface area contributed by atoms with Crippen molar-refractivity contribution in [3.63, 3.8) is 0 Å². The van der Waals surface area contributed by atoms with Crippen LogP contribution in [-0.2, 0) is 22.7 Å². The van der Waals surface area contributed by atoms with Crippen LogP contribution in [0.1, 0.15) is 6.42 Å². The van der Waals surface area contributed by atoms with Gasteiger partial charge >= 0.3 is 21.7 Å². The van der Waals surface area contributed by atoms with Gasteiger partial charge in [-0.3, -0.25) is 9.42 Å². The number of rotatable bonds is 6. The molecule has 0 aromatic carbocycles. The lowest BCUT2D eigenvalue weighted by Gasteiger charge is -2.33. The third-order valence-corrected chi connectivity index (χ3v) is 5.52. The predicted molar refractivity (Wildman–Crippen MR) is 74.3 cm³/mol. The Labute approximate surface area is 136 Å². The number of carbonyl (C=O) groups is 1. The summed E-state index contributed by atoms with van der Waals surface area (Å²) in [5.41, 5.74) is 0. The maximum Gasteiger partial charge on any atom is 0.481 e. The van der Waals surface area contributed by atoms with Gasteiger partial charge in [-0.25, -0.2) is 13.9 Å². The molecule has 0 spiro atoms. The quantitative estimate of drug-likeness (QED) is 0.276. The molecule has 6 N–H and O–H groups in total. The number of phosphoric ester groups is 1. The average molecular weight is 392 g/mol. The number of ether oxygens (including phenoxy) is 1. The molecule has 0 radical (unpaired) electrons. The monoisotopic (exact) mass is 392 g/mol. The van der Waals surface area contributed by atoms with Gasteiger partial charge in [-0.2, -0.15) is 4.31 Å². The molecule has 140 valence electrons. The fourth-order valence-corrected chi connectivity index (χ4v) is 3.94. The van der Waals surface area contributed by atoms with Crippen LogP contribution in [0.5, 0.6) is 0 Å². The van der Waals surface area contributed by atoms with Crippen LogP contribution in [0, 0.1) is 0 Å². The molecule has 2 rings (SSSR count). The lowest BCUT2D eigenvalue weighted by atomic mass is 10.1. The second-order valence-electron chi connectivity index (χ2n) is 5.16. The number of aliphatic hydroxyl groups is 2. The molecular formula is C9H18N2O11P2. The third-order valence-electron chi connectivity index (χ3n) is 3.37.